The van der Waals surface area contributed by atoms with Crippen molar-refractivity contribution in [2.75, 3.05) is 38.0 Å². The van der Waals surface area contributed by atoms with Crippen molar-refractivity contribution < 1.29 is 27.5 Å². The number of ether oxygens (including phenoxy) is 1. The molecule has 9 heteroatoms. The Balaban J connectivity index is 1.24. The van der Waals surface area contributed by atoms with E-state index < -0.39 is 6.36 Å². The molecule has 1 heterocycles. The molecule has 4 rings (SSSR count). The maximum atomic E-state index is 13.1. The van der Waals surface area contributed by atoms with Crippen LogP contribution >= 0.6 is 0 Å². The zero-order valence-electron chi connectivity index (χ0n) is 17.4. The first-order chi connectivity index (χ1) is 15.2. The number of piperazine rings is 1. The lowest BCUT2D eigenvalue weighted by Crippen LogP contribution is -2.52. The van der Waals surface area contributed by atoms with Gasteiger partial charge in [-0.05, 0) is 42.7 Å². The lowest BCUT2D eigenvalue weighted by molar-refractivity contribution is -0.274. The number of hydrogen-bond donors (Lipinski definition) is 1. The normalized spacial score (nSPS) is 18.2. The molecule has 0 unspecified atom stereocenters. The second-order valence-corrected chi connectivity index (χ2v) is 8.14. The lowest BCUT2D eigenvalue weighted by atomic mass is 9.94. The fourth-order valence-corrected chi connectivity index (χ4v) is 4.06. The summed E-state index contributed by atoms with van der Waals surface area (Å²) < 4.78 is 40.5. The Bertz CT molecular complexity index is 952. The Hall–Kier alpha value is -3.07. The maximum Gasteiger partial charge on any atom is 0.573 e. The van der Waals surface area contributed by atoms with Crippen molar-refractivity contribution in [1.82, 2.24) is 9.80 Å². The van der Waals surface area contributed by atoms with Gasteiger partial charge in [0.1, 0.15) is 5.75 Å². The molecule has 1 aliphatic carbocycles. The summed E-state index contributed by atoms with van der Waals surface area (Å²) in [6.45, 7) is 2.44. The first-order valence-electron chi connectivity index (χ1n) is 10.5. The van der Waals surface area contributed by atoms with E-state index in [1.807, 2.05) is 40.1 Å². The van der Waals surface area contributed by atoms with Crippen molar-refractivity contribution in [2.45, 2.75) is 24.6 Å². The molecule has 1 saturated heterocycles. The van der Waals surface area contributed by atoms with E-state index in [0.29, 0.717) is 31.9 Å². The number of anilines is 1. The Morgan fingerprint density at radius 2 is 1.56 bits per heavy atom. The number of rotatable bonds is 6. The average molecular weight is 447 g/mol. The molecule has 0 bridgehead atoms. The summed E-state index contributed by atoms with van der Waals surface area (Å²) in [7, 11) is 0. The van der Waals surface area contributed by atoms with Crippen LogP contribution in [0.4, 0.5) is 18.9 Å². The van der Waals surface area contributed by atoms with Crippen LogP contribution in [-0.2, 0) is 15.0 Å². The van der Waals surface area contributed by atoms with Crippen molar-refractivity contribution in [2.24, 2.45) is 0 Å². The summed E-state index contributed by atoms with van der Waals surface area (Å²) in [5, 5.41) is 2.67. The van der Waals surface area contributed by atoms with E-state index in [1.54, 1.807) is 0 Å². The monoisotopic (exact) mass is 447 g/mol. The Morgan fingerprint density at radius 3 is 2.12 bits per heavy atom. The predicted molar refractivity (Wildman–Crippen MR) is 112 cm³/mol. The van der Waals surface area contributed by atoms with Gasteiger partial charge in [-0.15, -0.1) is 13.2 Å². The molecule has 2 fully saturated rings. The molecule has 1 aliphatic heterocycles. The minimum atomic E-state index is -4.76. The molecular weight excluding hydrogens is 423 g/mol. The van der Waals surface area contributed by atoms with Crippen molar-refractivity contribution in [3.05, 3.63) is 60.2 Å². The first-order valence-corrected chi connectivity index (χ1v) is 10.5. The fourth-order valence-electron chi connectivity index (χ4n) is 4.06. The largest absolute Gasteiger partial charge is 0.573 e. The number of amides is 2. The van der Waals surface area contributed by atoms with Crippen molar-refractivity contribution >= 4 is 17.5 Å². The summed E-state index contributed by atoms with van der Waals surface area (Å²) in [5.74, 6) is -0.452. The fraction of sp³-hybridized carbons (Fsp3) is 0.391. The Morgan fingerprint density at radius 1 is 0.938 bits per heavy atom. The van der Waals surface area contributed by atoms with Gasteiger partial charge in [0, 0.05) is 31.9 Å². The molecule has 2 aromatic rings. The van der Waals surface area contributed by atoms with Gasteiger partial charge in [0.2, 0.25) is 11.8 Å². The van der Waals surface area contributed by atoms with Crippen LogP contribution in [0.1, 0.15) is 18.4 Å². The highest BCUT2D eigenvalue weighted by atomic mass is 19.4. The van der Waals surface area contributed by atoms with Gasteiger partial charge in [-0.1, -0.05) is 30.3 Å². The molecule has 2 amide bonds. The molecule has 0 atom stereocenters. The lowest BCUT2D eigenvalue weighted by Gasteiger charge is -2.36. The van der Waals surface area contributed by atoms with E-state index in [-0.39, 0.29) is 29.5 Å². The van der Waals surface area contributed by atoms with E-state index in [4.69, 9.17) is 0 Å². The molecule has 6 nitrogen and oxygen atoms in total. The van der Waals surface area contributed by atoms with E-state index in [1.165, 1.54) is 12.1 Å². The number of carbonyl (C=O) groups excluding carboxylic acids is 2. The second kappa shape index (κ2) is 8.82. The molecule has 1 N–H and O–H groups in total. The molecule has 32 heavy (non-hydrogen) atoms. The SMILES string of the molecule is O=C(CN1CCN(C(=O)C2(c3ccccc3)CC2)CC1)Nc1ccc(OC(F)(F)F)cc1. The third-order valence-corrected chi connectivity index (χ3v) is 5.88. The number of halogens is 3. The molecule has 0 radical (unpaired) electrons. The van der Waals surface area contributed by atoms with Crippen LogP contribution in [0, 0.1) is 0 Å². The predicted octanol–water partition coefficient (Wildman–Crippen LogP) is 3.40. The molecule has 2 aromatic carbocycles. The van der Waals surface area contributed by atoms with Gasteiger partial charge in [0.25, 0.3) is 0 Å². The minimum Gasteiger partial charge on any atom is -0.406 e. The van der Waals surface area contributed by atoms with Gasteiger partial charge in [0.15, 0.2) is 0 Å². The molecule has 0 aromatic heterocycles. The first kappa shape index (κ1) is 22.1. The minimum absolute atomic E-state index is 0.145. The molecule has 1 saturated carbocycles. The quantitative estimate of drug-likeness (QED) is 0.738. The number of nitrogens with one attached hydrogen (secondary N) is 1. The van der Waals surface area contributed by atoms with Gasteiger partial charge < -0.3 is 15.0 Å². The number of alkyl halides is 3. The van der Waals surface area contributed by atoms with Crippen molar-refractivity contribution in [3.8, 4) is 5.75 Å². The van der Waals surface area contributed by atoms with E-state index in [9.17, 15) is 22.8 Å². The zero-order valence-corrected chi connectivity index (χ0v) is 17.4. The molecule has 2 aliphatic rings. The van der Waals surface area contributed by atoms with Crippen LogP contribution in [0.3, 0.4) is 0 Å². The highest BCUT2D eigenvalue weighted by Gasteiger charge is 2.53. The molecule has 0 spiro atoms. The third-order valence-electron chi connectivity index (χ3n) is 5.88. The second-order valence-electron chi connectivity index (χ2n) is 8.14. The molecule has 170 valence electrons. The van der Waals surface area contributed by atoms with Crippen LogP contribution in [0.5, 0.6) is 5.75 Å². The van der Waals surface area contributed by atoms with Gasteiger partial charge in [-0.2, -0.15) is 0 Å². The average Bonchev–Trinajstić information content (AvgIpc) is 3.57. The van der Waals surface area contributed by atoms with Gasteiger partial charge in [-0.25, -0.2) is 0 Å². The number of nitrogens with zero attached hydrogens (tertiary/aromatic N) is 2. The highest BCUT2D eigenvalue weighted by Crippen LogP contribution is 2.49. The van der Waals surface area contributed by atoms with Gasteiger partial charge in [-0.3, -0.25) is 14.5 Å². The standard InChI is InChI=1S/C23H24F3N3O3/c24-23(25,26)32-19-8-6-18(7-9-19)27-20(30)16-28-12-14-29(15-13-28)21(31)22(10-11-22)17-4-2-1-3-5-17/h1-9H,10-16H2,(H,27,30). The zero-order chi connectivity index (χ0) is 22.8. The summed E-state index contributed by atoms with van der Waals surface area (Å²) in [6.07, 6.45) is -3.02. The van der Waals surface area contributed by atoms with Crippen molar-refractivity contribution in [3.63, 3.8) is 0 Å². The summed E-state index contributed by atoms with van der Waals surface area (Å²) in [6, 6.07) is 14.9. The van der Waals surface area contributed by atoms with Crippen LogP contribution in [-0.4, -0.2) is 60.7 Å². The van der Waals surface area contributed by atoms with Crippen LogP contribution in [0.25, 0.3) is 0 Å². The van der Waals surface area contributed by atoms with Gasteiger partial charge in [0.05, 0.1) is 12.0 Å². The third kappa shape index (κ3) is 5.21. The van der Waals surface area contributed by atoms with E-state index in [2.05, 4.69) is 10.1 Å². The molecular formula is C23H24F3N3O3. The topological polar surface area (TPSA) is 61.9 Å². The highest BCUT2D eigenvalue weighted by molar-refractivity contribution is 5.93. The van der Waals surface area contributed by atoms with Gasteiger partial charge >= 0.3 is 6.36 Å². The van der Waals surface area contributed by atoms with Crippen molar-refractivity contribution in [1.29, 1.82) is 0 Å². The van der Waals surface area contributed by atoms with E-state index >= 15 is 0 Å². The summed E-state index contributed by atoms with van der Waals surface area (Å²) >= 11 is 0. The smallest absolute Gasteiger partial charge is 0.406 e. The number of carbonyl (C=O) groups is 2. The van der Waals surface area contributed by atoms with Crippen LogP contribution < -0.4 is 10.1 Å². The van der Waals surface area contributed by atoms with Crippen LogP contribution in [0.2, 0.25) is 0 Å². The summed E-state index contributed by atoms with van der Waals surface area (Å²) in [5.41, 5.74) is 1.07. The maximum absolute atomic E-state index is 13.1. The summed E-state index contributed by atoms with van der Waals surface area (Å²) in [4.78, 5) is 29.3. The van der Waals surface area contributed by atoms with Crippen LogP contribution in [0.15, 0.2) is 54.6 Å². The number of benzene rings is 2. The van der Waals surface area contributed by atoms with E-state index in [0.717, 1.165) is 30.5 Å². The number of hydrogen-bond acceptors (Lipinski definition) is 4. The Labute approximate surface area is 183 Å². The Kier molecular flexibility index (Phi) is 6.10.